The number of carbonyl (C=O) groups is 1. The highest BCUT2D eigenvalue weighted by Crippen LogP contribution is 2.18. The molecule has 0 unspecified atom stereocenters. The van der Waals surface area contributed by atoms with Crippen molar-refractivity contribution < 1.29 is 9.53 Å². The van der Waals surface area contributed by atoms with Gasteiger partial charge in [-0.25, -0.2) is 4.79 Å². The van der Waals surface area contributed by atoms with Crippen LogP contribution in [0.3, 0.4) is 0 Å². The summed E-state index contributed by atoms with van der Waals surface area (Å²) in [5.74, 6) is 0. The molecule has 0 spiro atoms. The van der Waals surface area contributed by atoms with Crippen LogP contribution in [0.1, 0.15) is 37.1 Å². The van der Waals surface area contributed by atoms with E-state index in [9.17, 15) is 4.79 Å². The van der Waals surface area contributed by atoms with Crippen molar-refractivity contribution in [2.45, 2.75) is 45.7 Å². The average Bonchev–Trinajstić information content (AvgIpc) is 2.93. The molecule has 0 saturated carbocycles. The Labute approximate surface area is 125 Å². The van der Waals surface area contributed by atoms with Gasteiger partial charge in [-0.05, 0) is 43.2 Å². The fourth-order valence-corrected chi connectivity index (χ4v) is 3.48. The van der Waals surface area contributed by atoms with Gasteiger partial charge in [-0.3, -0.25) is 0 Å². The largest absolute Gasteiger partial charge is 0.450 e. The van der Waals surface area contributed by atoms with Gasteiger partial charge in [0.1, 0.15) is 0 Å². The van der Waals surface area contributed by atoms with Gasteiger partial charge < -0.3 is 15.0 Å². The van der Waals surface area contributed by atoms with Crippen LogP contribution in [-0.2, 0) is 17.7 Å². The van der Waals surface area contributed by atoms with Crippen LogP contribution in [0.15, 0.2) is 11.4 Å². The topological polar surface area (TPSA) is 41.6 Å². The highest BCUT2D eigenvalue weighted by molar-refractivity contribution is 7.10. The molecular weight excluding hydrogens is 272 g/mol. The Morgan fingerprint density at radius 1 is 1.45 bits per heavy atom. The minimum atomic E-state index is -0.169. The molecule has 1 N–H and O–H groups in total. The maximum absolute atomic E-state index is 11.6. The first-order chi connectivity index (χ1) is 9.74. The van der Waals surface area contributed by atoms with Crippen molar-refractivity contribution in [1.82, 2.24) is 10.2 Å². The van der Waals surface area contributed by atoms with E-state index < -0.39 is 0 Å². The van der Waals surface area contributed by atoms with Crippen molar-refractivity contribution in [3.8, 4) is 0 Å². The van der Waals surface area contributed by atoms with E-state index in [2.05, 4.69) is 23.7 Å². The molecule has 1 aliphatic heterocycles. The van der Waals surface area contributed by atoms with Crippen LogP contribution in [-0.4, -0.2) is 36.7 Å². The molecule has 0 atom stereocenters. The normalized spacial score (nSPS) is 16.4. The smallest absolute Gasteiger partial charge is 0.409 e. The van der Waals surface area contributed by atoms with Gasteiger partial charge in [0.2, 0.25) is 0 Å². The number of carbonyl (C=O) groups excluding carboxylic acids is 1. The fraction of sp³-hybridized carbons (Fsp3) is 0.667. The van der Waals surface area contributed by atoms with Crippen LogP contribution in [0, 0.1) is 0 Å². The van der Waals surface area contributed by atoms with E-state index in [1.165, 1.54) is 10.4 Å². The molecule has 0 aliphatic carbocycles. The van der Waals surface area contributed by atoms with Crippen molar-refractivity contribution in [2.24, 2.45) is 0 Å². The molecule has 112 valence electrons. The Kier molecular flexibility index (Phi) is 5.86. The number of amides is 1. The van der Waals surface area contributed by atoms with Gasteiger partial charge in [-0.1, -0.05) is 6.92 Å². The molecule has 1 fully saturated rings. The van der Waals surface area contributed by atoms with Crippen LogP contribution in [0.4, 0.5) is 4.79 Å². The SMILES string of the molecule is CCOC(=O)N1CCC(NCc2sccc2CC)CC1. The van der Waals surface area contributed by atoms with E-state index in [-0.39, 0.29) is 6.09 Å². The Hall–Kier alpha value is -1.07. The molecule has 1 aliphatic rings. The molecule has 1 saturated heterocycles. The number of thiophene rings is 1. The molecule has 0 radical (unpaired) electrons. The maximum Gasteiger partial charge on any atom is 0.409 e. The Bertz CT molecular complexity index is 425. The third-order valence-corrected chi connectivity index (χ3v) is 4.75. The lowest BCUT2D eigenvalue weighted by atomic mass is 10.1. The molecule has 0 bridgehead atoms. The first-order valence-electron chi connectivity index (χ1n) is 7.44. The summed E-state index contributed by atoms with van der Waals surface area (Å²) in [4.78, 5) is 14.9. The van der Waals surface area contributed by atoms with E-state index in [4.69, 9.17) is 4.74 Å². The standard InChI is InChI=1S/C15H24N2O2S/c1-3-12-7-10-20-14(12)11-16-13-5-8-17(9-6-13)15(18)19-4-2/h7,10,13,16H,3-6,8-9,11H2,1-2H3. The first-order valence-corrected chi connectivity index (χ1v) is 8.32. The zero-order valence-corrected chi connectivity index (χ0v) is 13.2. The van der Waals surface area contributed by atoms with Crippen molar-refractivity contribution in [3.63, 3.8) is 0 Å². The van der Waals surface area contributed by atoms with Crippen LogP contribution in [0.25, 0.3) is 0 Å². The lowest BCUT2D eigenvalue weighted by Crippen LogP contribution is -2.44. The second-order valence-electron chi connectivity index (χ2n) is 5.06. The summed E-state index contributed by atoms with van der Waals surface area (Å²) in [6, 6.07) is 2.72. The quantitative estimate of drug-likeness (QED) is 0.908. The highest BCUT2D eigenvalue weighted by atomic mass is 32.1. The minimum absolute atomic E-state index is 0.169. The van der Waals surface area contributed by atoms with E-state index >= 15 is 0 Å². The second-order valence-corrected chi connectivity index (χ2v) is 6.06. The first kappa shape index (κ1) is 15.3. The summed E-state index contributed by atoms with van der Waals surface area (Å²) >= 11 is 1.83. The molecule has 1 aromatic rings. The number of hydrogen-bond donors (Lipinski definition) is 1. The van der Waals surface area contributed by atoms with Crippen molar-refractivity contribution >= 4 is 17.4 Å². The van der Waals surface area contributed by atoms with Gasteiger partial charge in [0.25, 0.3) is 0 Å². The van der Waals surface area contributed by atoms with Gasteiger partial charge in [-0.15, -0.1) is 11.3 Å². The number of nitrogens with one attached hydrogen (secondary N) is 1. The third-order valence-electron chi connectivity index (χ3n) is 3.79. The minimum Gasteiger partial charge on any atom is -0.450 e. The number of piperidine rings is 1. The Balaban J connectivity index is 1.73. The molecule has 2 rings (SSSR count). The molecular formula is C15H24N2O2S. The number of aryl methyl sites for hydroxylation is 1. The van der Waals surface area contributed by atoms with E-state index in [1.54, 1.807) is 0 Å². The van der Waals surface area contributed by atoms with E-state index in [1.807, 2.05) is 23.2 Å². The van der Waals surface area contributed by atoms with Gasteiger partial charge in [0.15, 0.2) is 0 Å². The fourth-order valence-electron chi connectivity index (χ4n) is 2.56. The molecule has 4 nitrogen and oxygen atoms in total. The van der Waals surface area contributed by atoms with Crippen molar-refractivity contribution in [3.05, 3.63) is 21.9 Å². The summed E-state index contributed by atoms with van der Waals surface area (Å²) in [6.07, 6.45) is 2.94. The van der Waals surface area contributed by atoms with Crippen molar-refractivity contribution in [2.75, 3.05) is 19.7 Å². The Morgan fingerprint density at radius 2 is 2.20 bits per heavy atom. The predicted octanol–water partition coefficient (Wildman–Crippen LogP) is 3.02. The lowest BCUT2D eigenvalue weighted by molar-refractivity contribution is 0.0950. The molecule has 1 amide bonds. The van der Waals surface area contributed by atoms with Crippen LogP contribution in [0.5, 0.6) is 0 Å². The van der Waals surface area contributed by atoms with Gasteiger partial charge in [0.05, 0.1) is 6.61 Å². The van der Waals surface area contributed by atoms with Gasteiger partial charge in [0, 0.05) is 30.6 Å². The molecule has 20 heavy (non-hydrogen) atoms. The number of nitrogens with zero attached hydrogens (tertiary/aromatic N) is 1. The molecule has 5 heteroatoms. The number of hydrogen-bond acceptors (Lipinski definition) is 4. The number of ether oxygens (including phenoxy) is 1. The number of likely N-dealkylation sites (tertiary alicyclic amines) is 1. The van der Waals surface area contributed by atoms with Crippen LogP contribution < -0.4 is 5.32 Å². The molecule has 2 heterocycles. The average molecular weight is 296 g/mol. The molecule has 1 aromatic heterocycles. The number of rotatable bonds is 5. The third kappa shape index (κ3) is 3.96. The van der Waals surface area contributed by atoms with Crippen LogP contribution >= 0.6 is 11.3 Å². The van der Waals surface area contributed by atoms with Crippen molar-refractivity contribution in [1.29, 1.82) is 0 Å². The summed E-state index contributed by atoms with van der Waals surface area (Å²) in [6.45, 7) is 7.03. The second kappa shape index (κ2) is 7.64. The zero-order chi connectivity index (χ0) is 14.4. The van der Waals surface area contributed by atoms with E-state index in [0.717, 1.165) is 38.9 Å². The Morgan fingerprint density at radius 3 is 2.85 bits per heavy atom. The van der Waals surface area contributed by atoms with E-state index in [0.29, 0.717) is 12.6 Å². The zero-order valence-electron chi connectivity index (χ0n) is 12.4. The predicted molar refractivity (Wildman–Crippen MR) is 82.2 cm³/mol. The van der Waals surface area contributed by atoms with Gasteiger partial charge >= 0.3 is 6.09 Å². The molecule has 0 aromatic carbocycles. The summed E-state index contributed by atoms with van der Waals surface area (Å²) < 4.78 is 5.03. The van der Waals surface area contributed by atoms with Gasteiger partial charge in [-0.2, -0.15) is 0 Å². The maximum atomic E-state index is 11.6. The highest BCUT2D eigenvalue weighted by Gasteiger charge is 2.23. The monoisotopic (exact) mass is 296 g/mol. The summed E-state index contributed by atoms with van der Waals surface area (Å²) in [5.41, 5.74) is 1.45. The lowest BCUT2D eigenvalue weighted by Gasteiger charge is -2.31. The summed E-state index contributed by atoms with van der Waals surface area (Å²) in [5, 5.41) is 5.79. The summed E-state index contributed by atoms with van der Waals surface area (Å²) in [7, 11) is 0. The van der Waals surface area contributed by atoms with Crippen LogP contribution in [0.2, 0.25) is 0 Å².